The highest BCUT2D eigenvalue weighted by Gasteiger charge is 2.30. The Bertz CT molecular complexity index is 290. The van der Waals surface area contributed by atoms with Crippen LogP contribution in [0.2, 0.25) is 0 Å². The molecule has 0 saturated heterocycles. The molecule has 1 atom stereocenters. The van der Waals surface area contributed by atoms with Crippen molar-refractivity contribution in [3.8, 4) is 0 Å². The van der Waals surface area contributed by atoms with Crippen LogP contribution >= 0.6 is 0 Å². The molecule has 0 bridgehead atoms. The number of hydrogen-bond acceptors (Lipinski definition) is 3. The van der Waals surface area contributed by atoms with Crippen molar-refractivity contribution in [3.63, 3.8) is 0 Å². The first-order chi connectivity index (χ1) is 7.70. The van der Waals surface area contributed by atoms with E-state index in [9.17, 15) is 9.59 Å². The number of esters is 1. The van der Waals surface area contributed by atoms with Crippen molar-refractivity contribution in [1.82, 2.24) is 5.32 Å². The van der Waals surface area contributed by atoms with Crippen molar-refractivity contribution < 1.29 is 14.3 Å². The average molecular weight is 241 g/mol. The molecule has 0 rings (SSSR count). The molecule has 4 heteroatoms. The van der Waals surface area contributed by atoms with E-state index in [-0.39, 0.29) is 18.4 Å². The Morgan fingerprint density at radius 2 is 1.88 bits per heavy atom. The molecular formula is C13H23NO3. The second-order valence-corrected chi connectivity index (χ2v) is 5.36. The molecule has 0 aliphatic carbocycles. The summed E-state index contributed by atoms with van der Waals surface area (Å²) in [6, 6.07) is -0.610. The second kappa shape index (κ2) is 6.42. The van der Waals surface area contributed by atoms with Crippen molar-refractivity contribution in [2.24, 2.45) is 11.3 Å². The molecule has 1 N–H and O–H groups in total. The maximum atomic E-state index is 11.8. The first-order valence-electron chi connectivity index (χ1n) is 5.78. The molecule has 0 aromatic rings. The Balaban J connectivity index is 4.60. The Kier molecular flexibility index (Phi) is 5.93. The van der Waals surface area contributed by atoms with Gasteiger partial charge in [0.1, 0.15) is 12.6 Å². The molecule has 0 aliphatic rings. The number of carbonyl (C=O) groups is 2. The lowest BCUT2D eigenvalue weighted by Gasteiger charge is -2.25. The molecule has 0 fully saturated rings. The van der Waals surface area contributed by atoms with Crippen molar-refractivity contribution in [3.05, 3.63) is 12.7 Å². The predicted molar refractivity (Wildman–Crippen MR) is 67.4 cm³/mol. The van der Waals surface area contributed by atoms with Crippen LogP contribution in [-0.4, -0.2) is 24.5 Å². The molecule has 98 valence electrons. The molecule has 0 radical (unpaired) electrons. The van der Waals surface area contributed by atoms with Gasteiger partial charge in [-0.1, -0.05) is 47.3 Å². The van der Waals surface area contributed by atoms with Gasteiger partial charge in [-0.05, 0) is 5.92 Å². The molecule has 0 unspecified atom stereocenters. The lowest BCUT2D eigenvalue weighted by molar-refractivity contribution is -0.149. The molecule has 4 nitrogen and oxygen atoms in total. The van der Waals surface area contributed by atoms with E-state index >= 15 is 0 Å². The molecule has 17 heavy (non-hydrogen) atoms. The highest BCUT2D eigenvalue weighted by molar-refractivity contribution is 5.87. The third-order valence-electron chi connectivity index (χ3n) is 2.23. The molecule has 0 saturated carbocycles. The molecule has 0 aromatic carbocycles. The van der Waals surface area contributed by atoms with Gasteiger partial charge in [0.2, 0.25) is 5.91 Å². The van der Waals surface area contributed by atoms with Gasteiger partial charge in [0.05, 0.1) is 0 Å². The Hall–Kier alpha value is -1.32. The van der Waals surface area contributed by atoms with Crippen LogP contribution in [0, 0.1) is 11.3 Å². The highest BCUT2D eigenvalue weighted by atomic mass is 16.5. The summed E-state index contributed by atoms with van der Waals surface area (Å²) >= 11 is 0. The summed E-state index contributed by atoms with van der Waals surface area (Å²) in [5, 5.41) is 2.72. The van der Waals surface area contributed by atoms with E-state index in [2.05, 4.69) is 11.9 Å². The van der Waals surface area contributed by atoms with Crippen LogP contribution in [-0.2, 0) is 14.3 Å². The fourth-order valence-electron chi connectivity index (χ4n) is 1.09. The van der Waals surface area contributed by atoms with Crippen molar-refractivity contribution in [1.29, 1.82) is 0 Å². The standard InChI is InChI=1S/C13H23NO3/c1-7-8-17-11(15)10(9(2)3)14-12(16)13(4,5)6/h7,9-10H,1,8H2,2-6H3,(H,14,16)/t10-/m0/s1. The summed E-state index contributed by atoms with van der Waals surface area (Å²) < 4.78 is 4.96. The van der Waals surface area contributed by atoms with E-state index in [1.165, 1.54) is 6.08 Å². The maximum absolute atomic E-state index is 11.8. The largest absolute Gasteiger partial charge is 0.460 e. The topological polar surface area (TPSA) is 55.4 Å². The van der Waals surface area contributed by atoms with Crippen LogP contribution in [0.4, 0.5) is 0 Å². The van der Waals surface area contributed by atoms with Crippen LogP contribution in [0.15, 0.2) is 12.7 Å². The van der Waals surface area contributed by atoms with Gasteiger partial charge in [0.25, 0.3) is 0 Å². The normalized spacial score (nSPS) is 13.1. The van der Waals surface area contributed by atoms with E-state index < -0.39 is 17.4 Å². The molecular weight excluding hydrogens is 218 g/mol. The summed E-state index contributed by atoms with van der Waals surface area (Å²) in [6.07, 6.45) is 1.50. The van der Waals surface area contributed by atoms with Gasteiger partial charge in [0.15, 0.2) is 0 Å². The summed E-state index contributed by atoms with van der Waals surface area (Å²) in [5.74, 6) is -0.595. The molecule has 0 aliphatic heterocycles. The third kappa shape index (κ3) is 5.52. The zero-order chi connectivity index (χ0) is 13.6. The number of ether oxygens (including phenoxy) is 1. The van der Waals surface area contributed by atoms with E-state index in [1.807, 2.05) is 13.8 Å². The van der Waals surface area contributed by atoms with Crippen LogP contribution < -0.4 is 5.32 Å². The first kappa shape index (κ1) is 15.7. The number of carbonyl (C=O) groups excluding carboxylic acids is 2. The number of hydrogen-bond donors (Lipinski definition) is 1. The van der Waals surface area contributed by atoms with E-state index in [4.69, 9.17) is 4.74 Å². The zero-order valence-corrected chi connectivity index (χ0v) is 11.4. The quantitative estimate of drug-likeness (QED) is 0.591. The molecule has 0 heterocycles. The molecule has 1 amide bonds. The molecule has 0 aromatic heterocycles. The zero-order valence-electron chi connectivity index (χ0n) is 11.4. The van der Waals surface area contributed by atoms with Crippen molar-refractivity contribution in [2.45, 2.75) is 40.7 Å². The van der Waals surface area contributed by atoms with Gasteiger partial charge in [0, 0.05) is 5.41 Å². The van der Waals surface area contributed by atoms with E-state index in [1.54, 1.807) is 20.8 Å². The lowest BCUT2D eigenvalue weighted by atomic mass is 9.94. The van der Waals surface area contributed by atoms with E-state index in [0.29, 0.717) is 0 Å². The van der Waals surface area contributed by atoms with Crippen LogP contribution in [0.3, 0.4) is 0 Å². The SMILES string of the molecule is C=CCOC(=O)[C@@H](NC(=O)C(C)(C)C)C(C)C. The second-order valence-electron chi connectivity index (χ2n) is 5.36. The van der Waals surface area contributed by atoms with Crippen LogP contribution in [0.1, 0.15) is 34.6 Å². The molecule has 0 spiro atoms. The number of rotatable bonds is 5. The number of nitrogens with one attached hydrogen (secondary N) is 1. The van der Waals surface area contributed by atoms with Crippen LogP contribution in [0.5, 0.6) is 0 Å². The minimum Gasteiger partial charge on any atom is -0.460 e. The minimum absolute atomic E-state index is 0.0152. The fourth-order valence-corrected chi connectivity index (χ4v) is 1.09. The van der Waals surface area contributed by atoms with Gasteiger partial charge in [-0.15, -0.1) is 0 Å². The predicted octanol–water partition coefficient (Wildman–Crippen LogP) is 1.90. The summed E-state index contributed by atoms with van der Waals surface area (Å²) in [5.41, 5.74) is -0.522. The maximum Gasteiger partial charge on any atom is 0.329 e. The monoisotopic (exact) mass is 241 g/mol. The van der Waals surface area contributed by atoms with Gasteiger partial charge in [-0.3, -0.25) is 4.79 Å². The Labute approximate surface area is 103 Å². The Morgan fingerprint density at radius 1 is 1.35 bits per heavy atom. The van der Waals surface area contributed by atoms with Gasteiger partial charge >= 0.3 is 5.97 Å². The fraction of sp³-hybridized carbons (Fsp3) is 0.692. The van der Waals surface area contributed by atoms with E-state index in [0.717, 1.165) is 0 Å². The number of amides is 1. The van der Waals surface area contributed by atoms with Gasteiger partial charge < -0.3 is 10.1 Å². The van der Waals surface area contributed by atoms with Gasteiger partial charge in [-0.25, -0.2) is 4.79 Å². The highest BCUT2D eigenvalue weighted by Crippen LogP contribution is 2.14. The summed E-state index contributed by atoms with van der Waals surface area (Å²) in [7, 11) is 0. The Morgan fingerprint density at radius 3 is 2.24 bits per heavy atom. The smallest absolute Gasteiger partial charge is 0.329 e. The summed E-state index contributed by atoms with van der Waals surface area (Å²) in [6.45, 7) is 12.8. The van der Waals surface area contributed by atoms with Crippen molar-refractivity contribution >= 4 is 11.9 Å². The summed E-state index contributed by atoms with van der Waals surface area (Å²) in [4.78, 5) is 23.5. The first-order valence-corrected chi connectivity index (χ1v) is 5.78. The van der Waals surface area contributed by atoms with Gasteiger partial charge in [-0.2, -0.15) is 0 Å². The third-order valence-corrected chi connectivity index (χ3v) is 2.23. The minimum atomic E-state index is -0.610. The van der Waals surface area contributed by atoms with Crippen molar-refractivity contribution in [2.75, 3.05) is 6.61 Å². The lowest BCUT2D eigenvalue weighted by Crippen LogP contribution is -2.49. The van der Waals surface area contributed by atoms with Crippen LogP contribution in [0.25, 0.3) is 0 Å². The average Bonchev–Trinajstić information content (AvgIpc) is 2.20.